The zero-order chi connectivity index (χ0) is 18.5. The number of allylic oxidation sites excluding steroid dienone is 2. The highest BCUT2D eigenvalue weighted by molar-refractivity contribution is 5.16. The molecule has 0 radical (unpaired) electrons. The van der Waals surface area contributed by atoms with E-state index in [1.54, 1.807) is 0 Å². The van der Waals surface area contributed by atoms with Crippen LogP contribution in [0.4, 0.5) is 0 Å². The fourth-order valence-corrected chi connectivity index (χ4v) is 5.92. The van der Waals surface area contributed by atoms with E-state index in [1.807, 2.05) is 6.92 Å². The highest BCUT2D eigenvalue weighted by Crippen LogP contribution is 2.64. The predicted octanol–water partition coefficient (Wildman–Crippen LogP) is 4.56. The Morgan fingerprint density at radius 1 is 1.20 bits per heavy atom. The van der Waals surface area contributed by atoms with Crippen LogP contribution in [0.15, 0.2) is 12.2 Å². The van der Waals surface area contributed by atoms with E-state index in [0.717, 1.165) is 25.7 Å². The monoisotopic (exact) mass is 279 g/mol. The van der Waals surface area contributed by atoms with Gasteiger partial charge in [-0.15, -0.1) is 0 Å². The maximum absolute atomic E-state index is 10.5. The van der Waals surface area contributed by atoms with Crippen molar-refractivity contribution in [1.82, 2.24) is 0 Å². The third kappa shape index (κ3) is 1.71. The molecule has 0 heterocycles. The Morgan fingerprint density at radius 3 is 2.90 bits per heavy atom. The molecular formula is C19H30O. The fraction of sp³-hybridized carbons (Fsp3) is 0.895. The second-order valence-electron chi connectivity index (χ2n) is 8.04. The van der Waals surface area contributed by atoms with Crippen molar-refractivity contribution in [3.8, 4) is 0 Å². The van der Waals surface area contributed by atoms with Gasteiger partial charge in [0.25, 0.3) is 0 Å². The summed E-state index contributed by atoms with van der Waals surface area (Å²) < 4.78 is 41.7. The van der Waals surface area contributed by atoms with Gasteiger partial charge in [-0.05, 0) is 85.8 Å². The first-order valence-corrected chi connectivity index (χ1v) is 8.27. The van der Waals surface area contributed by atoms with Crippen LogP contribution in [0.25, 0.3) is 0 Å². The Bertz CT molecular complexity index is 615. The third-order valence-corrected chi connectivity index (χ3v) is 7.14. The van der Waals surface area contributed by atoms with E-state index >= 15 is 0 Å². The molecule has 4 rings (SSSR count). The van der Waals surface area contributed by atoms with E-state index in [-0.39, 0.29) is 17.8 Å². The van der Waals surface area contributed by atoms with Gasteiger partial charge in [0.1, 0.15) is 0 Å². The Hall–Kier alpha value is -0.300. The number of hydrogen-bond donors (Lipinski definition) is 1. The van der Waals surface area contributed by atoms with E-state index in [1.165, 1.54) is 0 Å². The molecular weight excluding hydrogens is 244 g/mol. The van der Waals surface area contributed by atoms with Crippen LogP contribution in [0.3, 0.4) is 0 Å². The third-order valence-electron chi connectivity index (χ3n) is 7.14. The van der Waals surface area contributed by atoms with Gasteiger partial charge < -0.3 is 5.11 Å². The summed E-state index contributed by atoms with van der Waals surface area (Å²) in [6.07, 6.45) is 2.33. The number of rotatable bonds is 0. The lowest BCUT2D eigenvalue weighted by Crippen LogP contribution is -2.53. The van der Waals surface area contributed by atoms with Gasteiger partial charge in [-0.1, -0.05) is 26.0 Å². The highest BCUT2D eigenvalue weighted by atomic mass is 16.3. The summed E-state index contributed by atoms with van der Waals surface area (Å²) in [4.78, 5) is 0. The maximum Gasteiger partial charge on any atom is 0.0600 e. The number of hydrogen-bond acceptors (Lipinski definition) is 1. The Labute approximate surface area is 130 Å². The lowest BCUT2D eigenvalue weighted by molar-refractivity contribution is -0.116. The fourth-order valence-electron chi connectivity index (χ4n) is 5.92. The van der Waals surface area contributed by atoms with E-state index < -0.39 is 30.2 Å². The predicted molar refractivity (Wildman–Crippen MR) is 82.3 cm³/mol. The second kappa shape index (κ2) is 4.35. The van der Waals surface area contributed by atoms with Crippen LogP contribution in [0.5, 0.6) is 0 Å². The molecule has 0 aliphatic heterocycles. The van der Waals surface area contributed by atoms with E-state index in [2.05, 4.69) is 19.1 Å². The van der Waals surface area contributed by atoms with Gasteiger partial charge in [0, 0.05) is 5.48 Å². The molecule has 4 aliphatic rings. The Balaban J connectivity index is 1.75. The topological polar surface area (TPSA) is 20.2 Å². The summed E-state index contributed by atoms with van der Waals surface area (Å²) >= 11 is 0. The molecule has 4 aliphatic carbocycles. The van der Waals surface area contributed by atoms with Crippen LogP contribution in [0, 0.1) is 34.5 Å². The molecule has 1 heteroatoms. The lowest BCUT2D eigenvalue weighted by atomic mass is 9.45. The molecule has 0 aromatic carbocycles. The molecule has 1 nitrogen and oxygen atoms in total. The molecule has 1 N–H and O–H groups in total. The van der Waals surface area contributed by atoms with E-state index in [9.17, 15) is 5.11 Å². The molecule has 0 saturated heterocycles. The molecule has 3 fully saturated rings. The van der Waals surface area contributed by atoms with Crippen molar-refractivity contribution in [2.45, 2.75) is 71.2 Å². The molecule has 3 saturated carbocycles. The van der Waals surface area contributed by atoms with Crippen molar-refractivity contribution in [3.05, 3.63) is 12.2 Å². The van der Waals surface area contributed by atoms with Crippen molar-refractivity contribution in [3.63, 3.8) is 0 Å². The van der Waals surface area contributed by atoms with Crippen LogP contribution >= 0.6 is 0 Å². The van der Waals surface area contributed by atoms with Gasteiger partial charge in [0.15, 0.2) is 0 Å². The van der Waals surface area contributed by atoms with Crippen molar-refractivity contribution < 1.29 is 12.0 Å². The highest BCUT2D eigenvalue weighted by Gasteiger charge is 2.56. The SMILES string of the molecule is [2H]C1([2H])C[C@@]2(C)[C@H](CC[C@@H]3[C@@H]2CC[C@]2(C)C=CC[C@@H]32)C([2H])([2H])[C@]1([2H])O. The van der Waals surface area contributed by atoms with Crippen LogP contribution in [0.1, 0.15) is 72.0 Å². The number of fused-ring (bicyclic) bond motifs is 5. The van der Waals surface area contributed by atoms with Crippen molar-refractivity contribution in [2.24, 2.45) is 34.5 Å². The summed E-state index contributed by atoms with van der Waals surface area (Å²) in [7, 11) is 0. The first kappa shape index (κ1) is 8.98. The summed E-state index contributed by atoms with van der Waals surface area (Å²) in [6, 6.07) is 0. The van der Waals surface area contributed by atoms with Gasteiger partial charge >= 0.3 is 0 Å². The zero-order valence-electron chi connectivity index (χ0n) is 17.7. The molecule has 7 atom stereocenters. The lowest BCUT2D eigenvalue weighted by Gasteiger charge is -2.60. The molecule has 0 bridgehead atoms. The summed E-state index contributed by atoms with van der Waals surface area (Å²) in [6.45, 7) is 4.39. The average Bonchev–Trinajstić information content (AvgIpc) is 2.87. The maximum atomic E-state index is 10.5. The van der Waals surface area contributed by atoms with Gasteiger partial charge in [-0.3, -0.25) is 0 Å². The molecule has 0 aromatic rings. The molecule has 0 unspecified atom stereocenters. The first-order chi connectivity index (χ1) is 11.4. The van der Waals surface area contributed by atoms with Gasteiger partial charge in [-0.25, -0.2) is 0 Å². The van der Waals surface area contributed by atoms with Gasteiger partial charge in [-0.2, -0.15) is 0 Å². The molecule has 112 valence electrons. The molecule has 20 heavy (non-hydrogen) atoms. The zero-order valence-corrected chi connectivity index (χ0v) is 12.7. The number of aliphatic hydroxyl groups is 1. The normalized spacial score (nSPS) is 70.2. The van der Waals surface area contributed by atoms with Crippen LogP contribution < -0.4 is 0 Å². The smallest absolute Gasteiger partial charge is 0.0600 e. The largest absolute Gasteiger partial charge is 0.393 e. The van der Waals surface area contributed by atoms with Crippen LogP contribution in [-0.2, 0) is 0 Å². The second-order valence-corrected chi connectivity index (χ2v) is 8.04. The van der Waals surface area contributed by atoms with Crippen LogP contribution in [-0.4, -0.2) is 11.2 Å². The van der Waals surface area contributed by atoms with Crippen molar-refractivity contribution in [1.29, 1.82) is 0 Å². The Kier molecular flexibility index (Phi) is 1.95. The molecule has 0 spiro atoms. The van der Waals surface area contributed by atoms with E-state index in [4.69, 9.17) is 6.85 Å². The molecule has 0 aromatic heterocycles. The van der Waals surface area contributed by atoms with E-state index in [0.29, 0.717) is 18.3 Å². The quantitative estimate of drug-likeness (QED) is 0.645. The minimum atomic E-state index is -2.69. The van der Waals surface area contributed by atoms with Gasteiger partial charge in [0.2, 0.25) is 0 Å². The van der Waals surface area contributed by atoms with Crippen molar-refractivity contribution >= 4 is 0 Å². The summed E-state index contributed by atoms with van der Waals surface area (Å²) in [5.74, 6) is 0.910. The van der Waals surface area contributed by atoms with Crippen molar-refractivity contribution in [2.75, 3.05) is 0 Å². The molecule has 0 amide bonds. The van der Waals surface area contributed by atoms with Gasteiger partial charge in [0.05, 0.1) is 7.45 Å². The van der Waals surface area contributed by atoms with Crippen LogP contribution in [0.2, 0.25) is 0 Å². The standard InChI is InChI=1S/C19H30O/c1-18-9-3-4-16(18)15-6-5-13-12-14(20)7-11-19(13,2)17(15)8-10-18/h3,9,13-17,20H,4-8,10-12H2,1-2H3/t13-,14-,15+,16+,17+,18+,19+/m1/s1/i7D2,12D2,14D. The average molecular weight is 279 g/mol. The summed E-state index contributed by atoms with van der Waals surface area (Å²) in [5.41, 5.74) is -0.250. The Morgan fingerprint density at radius 2 is 2.05 bits per heavy atom. The first-order valence-electron chi connectivity index (χ1n) is 10.8. The summed E-state index contributed by atoms with van der Waals surface area (Å²) in [5, 5.41) is 10.5. The minimum Gasteiger partial charge on any atom is -0.393 e. The minimum absolute atomic E-state index is 0.0855.